The molecule has 0 aliphatic carbocycles. The van der Waals surface area contributed by atoms with Crippen molar-refractivity contribution in [1.29, 1.82) is 0 Å². The Kier molecular flexibility index (Phi) is 7.76. The predicted octanol–water partition coefficient (Wildman–Crippen LogP) is 0.153. The lowest BCUT2D eigenvalue weighted by Gasteiger charge is -2.08. The molecule has 0 bridgehead atoms. The van der Waals surface area contributed by atoms with Crippen LogP contribution in [0, 0.1) is 0 Å². The van der Waals surface area contributed by atoms with Crippen LogP contribution in [0.5, 0.6) is 0 Å². The Bertz CT molecular complexity index is 760. The van der Waals surface area contributed by atoms with Gasteiger partial charge in [-0.3, -0.25) is 10.1 Å². The molecule has 0 aromatic heterocycles. The van der Waals surface area contributed by atoms with E-state index in [0.29, 0.717) is 6.54 Å². The maximum atomic E-state index is 12.0. The zero-order valence-corrected chi connectivity index (χ0v) is 14.4. The highest BCUT2D eigenvalue weighted by atomic mass is 32.2. The first-order valence-corrected chi connectivity index (χ1v) is 8.74. The molecule has 10 heteroatoms. The van der Waals surface area contributed by atoms with Gasteiger partial charge in [-0.25, -0.2) is 22.7 Å². The van der Waals surface area contributed by atoms with Gasteiger partial charge in [-0.1, -0.05) is 12.1 Å². The highest BCUT2D eigenvalue weighted by Gasteiger charge is 2.17. The molecule has 0 saturated heterocycles. The minimum atomic E-state index is -3.79. The number of ether oxygens (including phenoxy) is 1. The van der Waals surface area contributed by atoms with Crippen LogP contribution in [-0.2, 0) is 19.6 Å². The van der Waals surface area contributed by atoms with Crippen LogP contribution in [0.1, 0.15) is 17.3 Å². The summed E-state index contributed by atoms with van der Waals surface area (Å²) in [7, 11) is -3.79. The predicted molar refractivity (Wildman–Crippen MR) is 89.3 cm³/mol. The number of imide groups is 1. The van der Waals surface area contributed by atoms with E-state index in [1.165, 1.54) is 24.3 Å². The van der Waals surface area contributed by atoms with Crippen molar-refractivity contribution in [2.24, 2.45) is 0 Å². The summed E-state index contributed by atoms with van der Waals surface area (Å²) in [6.45, 7) is 4.78. The van der Waals surface area contributed by atoms with Crippen molar-refractivity contribution in [3.8, 4) is 0 Å². The molecule has 0 spiro atoms. The van der Waals surface area contributed by atoms with Crippen molar-refractivity contribution in [3.63, 3.8) is 0 Å². The van der Waals surface area contributed by atoms with Gasteiger partial charge in [0.15, 0.2) is 6.61 Å². The van der Waals surface area contributed by atoms with Gasteiger partial charge in [-0.15, -0.1) is 6.58 Å². The lowest BCUT2D eigenvalue weighted by atomic mass is 10.2. The number of nitrogens with one attached hydrogen (secondary N) is 3. The van der Waals surface area contributed by atoms with Crippen LogP contribution in [0.15, 0.2) is 41.8 Å². The maximum Gasteiger partial charge on any atom is 0.338 e. The normalized spacial score (nSPS) is 10.6. The van der Waals surface area contributed by atoms with Crippen molar-refractivity contribution >= 4 is 27.9 Å². The summed E-state index contributed by atoms with van der Waals surface area (Å²) >= 11 is 0. The molecule has 0 radical (unpaired) electrons. The van der Waals surface area contributed by atoms with E-state index in [1.807, 2.05) is 5.32 Å². The number of carbonyl (C=O) groups is 3. The molecule has 1 rings (SSSR count). The lowest BCUT2D eigenvalue weighted by Crippen LogP contribution is -2.41. The van der Waals surface area contributed by atoms with E-state index in [0.717, 1.165) is 6.07 Å². The third kappa shape index (κ3) is 6.73. The van der Waals surface area contributed by atoms with Crippen LogP contribution >= 0.6 is 0 Å². The molecule has 0 unspecified atom stereocenters. The van der Waals surface area contributed by atoms with Crippen molar-refractivity contribution < 1.29 is 27.5 Å². The average Bonchev–Trinajstić information content (AvgIpc) is 2.58. The molecule has 0 heterocycles. The minimum Gasteiger partial charge on any atom is -0.452 e. The zero-order valence-electron chi connectivity index (χ0n) is 13.6. The fourth-order valence-electron chi connectivity index (χ4n) is 1.62. The first-order valence-electron chi connectivity index (χ1n) is 7.25. The first kappa shape index (κ1) is 20.3. The number of amides is 3. The molecule has 136 valence electrons. The summed E-state index contributed by atoms with van der Waals surface area (Å²) in [5.41, 5.74) is -0.0488. The van der Waals surface area contributed by atoms with Crippen molar-refractivity contribution in [2.45, 2.75) is 11.8 Å². The largest absolute Gasteiger partial charge is 0.452 e. The van der Waals surface area contributed by atoms with Gasteiger partial charge in [-0.05, 0) is 25.1 Å². The number of urea groups is 1. The number of hydrogen-bond acceptors (Lipinski definition) is 6. The Morgan fingerprint density at radius 3 is 2.64 bits per heavy atom. The quantitative estimate of drug-likeness (QED) is 0.442. The smallest absolute Gasteiger partial charge is 0.338 e. The SMILES string of the molecule is C=CCNS(=O)(=O)c1cccc(C(=O)OCC(=O)NC(=O)NCC)c1. The van der Waals surface area contributed by atoms with Gasteiger partial charge in [0.25, 0.3) is 5.91 Å². The fourth-order valence-corrected chi connectivity index (χ4v) is 2.67. The van der Waals surface area contributed by atoms with Crippen molar-refractivity contribution in [2.75, 3.05) is 19.7 Å². The van der Waals surface area contributed by atoms with Crippen LogP contribution in [0.25, 0.3) is 0 Å². The maximum absolute atomic E-state index is 12.0. The van der Waals surface area contributed by atoms with Crippen molar-refractivity contribution in [3.05, 3.63) is 42.5 Å². The van der Waals surface area contributed by atoms with Crippen LogP contribution in [-0.4, -0.2) is 46.0 Å². The molecule has 1 aromatic carbocycles. The fraction of sp³-hybridized carbons (Fsp3) is 0.267. The summed E-state index contributed by atoms with van der Waals surface area (Å²) in [6, 6.07) is 4.44. The third-order valence-corrected chi connectivity index (χ3v) is 4.14. The molecular weight excluding hydrogens is 350 g/mol. The van der Waals surface area contributed by atoms with Crippen LogP contribution in [0.4, 0.5) is 4.79 Å². The molecular formula is C15H19N3O6S. The molecule has 3 N–H and O–H groups in total. The van der Waals surface area contributed by atoms with E-state index in [4.69, 9.17) is 4.74 Å². The number of sulfonamides is 1. The summed E-state index contributed by atoms with van der Waals surface area (Å²) in [5.74, 6) is -1.71. The van der Waals surface area contributed by atoms with Gasteiger partial charge in [0.2, 0.25) is 10.0 Å². The molecule has 9 nitrogen and oxygen atoms in total. The van der Waals surface area contributed by atoms with E-state index in [2.05, 4.69) is 16.6 Å². The summed E-state index contributed by atoms with van der Waals surface area (Å²) in [5, 5.41) is 4.31. The molecule has 0 atom stereocenters. The molecule has 25 heavy (non-hydrogen) atoms. The third-order valence-electron chi connectivity index (χ3n) is 2.72. The summed E-state index contributed by atoms with van der Waals surface area (Å²) < 4.78 is 31.0. The van der Waals surface area contributed by atoms with Gasteiger partial charge < -0.3 is 10.1 Å². The second-order valence-corrected chi connectivity index (χ2v) is 6.42. The number of rotatable bonds is 8. The van der Waals surface area contributed by atoms with Gasteiger partial charge in [-0.2, -0.15) is 0 Å². The number of hydrogen-bond donors (Lipinski definition) is 3. The monoisotopic (exact) mass is 369 g/mol. The Labute approximate surface area is 145 Å². The number of esters is 1. The van der Waals surface area contributed by atoms with E-state index >= 15 is 0 Å². The summed E-state index contributed by atoms with van der Waals surface area (Å²) in [4.78, 5) is 34.4. The van der Waals surface area contributed by atoms with E-state index in [1.54, 1.807) is 6.92 Å². The van der Waals surface area contributed by atoms with Gasteiger partial charge >= 0.3 is 12.0 Å². The number of benzene rings is 1. The molecule has 0 fully saturated rings. The highest BCUT2D eigenvalue weighted by Crippen LogP contribution is 2.12. The topological polar surface area (TPSA) is 131 Å². The Balaban J connectivity index is 2.71. The molecule has 0 aliphatic rings. The highest BCUT2D eigenvalue weighted by molar-refractivity contribution is 7.89. The van der Waals surface area contributed by atoms with E-state index in [9.17, 15) is 22.8 Å². The molecule has 0 saturated carbocycles. The lowest BCUT2D eigenvalue weighted by molar-refractivity contribution is -0.123. The number of carbonyl (C=O) groups excluding carboxylic acids is 3. The van der Waals surface area contributed by atoms with Gasteiger partial charge in [0.05, 0.1) is 10.5 Å². The van der Waals surface area contributed by atoms with Gasteiger partial charge in [0, 0.05) is 13.1 Å². The second kappa shape index (κ2) is 9.55. The first-order chi connectivity index (χ1) is 11.8. The van der Waals surface area contributed by atoms with Crippen LogP contribution < -0.4 is 15.4 Å². The zero-order chi connectivity index (χ0) is 18.9. The van der Waals surface area contributed by atoms with E-state index < -0.39 is 34.5 Å². The average molecular weight is 369 g/mol. The molecule has 3 amide bonds. The second-order valence-electron chi connectivity index (χ2n) is 4.65. The van der Waals surface area contributed by atoms with Crippen molar-refractivity contribution in [1.82, 2.24) is 15.4 Å². The Hall–Kier alpha value is -2.72. The van der Waals surface area contributed by atoms with E-state index in [-0.39, 0.29) is 17.0 Å². The standard InChI is InChI=1S/C15H19N3O6S/c1-3-8-17-25(22,23)12-7-5-6-11(9-12)14(20)24-10-13(19)18-15(21)16-4-2/h3,5-7,9,17H,1,4,8,10H2,2H3,(H2,16,18,19,21). The minimum absolute atomic E-state index is 0.0387. The summed E-state index contributed by atoms with van der Waals surface area (Å²) in [6.07, 6.45) is 1.38. The Morgan fingerprint density at radius 2 is 2.00 bits per heavy atom. The van der Waals surface area contributed by atoms with Gasteiger partial charge in [0.1, 0.15) is 0 Å². The van der Waals surface area contributed by atoms with Crippen LogP contribution in [0.3, 0.4) is 0 Å². The van der Waals surface area contributed by atoms with Crippen LogP contribution in [0.2, 0.25) is 0 Å². The molecule has 1 aromatic rings. The molecule has 0 aliphatic heterocycles. The Morgan fingerprint density at radius 1 is 1.28 bits per heavy atom.